The largest absolute Gasteiger partial charge is 0.461 e. The second kappa shape index (κ2) is 7.72. The maximum absolute atomic E-state index is 12.4. The molecular formula is C23H19NO2S. The van der Waals surface area contributed by atoms with Gasteiger partial charge in [0.25, 0.3) is 0 Å². The van der Waals surface area contributed by atoms with E-state index in [-0.39, 0.29) is 11.9 Å². The molecule has 0 N–H and O–H groups in total. The number of ether oxygens (including phenoxy) is 1. The first kappa shape index (κ1) is 17.4. The van der Waals surface area contributed by atoms with E-state index in [0.717, 1.165) is 26.9 Å². The van der Waals surface area contributed by atoms with Crippen molar-refractivity contribution in [1.82, 2.24) is 4.98 Å². The van der Waals surface area contributed by atoms with Gasteiger partial charge < -0.3 is 4.74 Å². The number of carbonyl (C=O) groups excluding carboxylic acids is 1. The van der Waals surface area contributed by atoms with E-state index in [2.05, 4.69) is 30.3 Å². The van der Waals surface area contributed by atoms with E-state index in [0.29, 0.717) is 12.3 Å². The molecule has 27 heavy (non-hydrogen) atoms. The Labute approximate surface area is 162 Å². The zero-order valence-corrected chi connectivity index (χ0v) is 15.8. The van der Waals surface area contributed by atoms with Crippen molar-refractivity contribution in [3.05, 3.63) is 101 Å². The van der Waals surface area contributed by atoms with Gasteiger partial charge in [-0.3, -0.25) is 0 Å². The summed E-state index contributed by atoms with van der Waals surface area (Å²) in [5.74, 6) is -0.437. The predicted molar refractivity (Wildman–Crippen MR) is 109 cm³/mol. The fraction of sp³-hybridized carbons (Fsp3) is 0.130. The van der Waals surface area contributed by atoms with Crippen LogP contribution >= 0.6 is 11.3 Å². The van der Waals surface area contributed by atoms with E-state index in [1.807, 2.05) is 47.8 Å². The second-order valence-corrected chi connectivity index (χ2v) is 7.15. The maximum Gasteiger partial charge on any atom is 0.356 e. The molecule has 2 aromatic heterocycles. The zero-order valence-electron chi connectivity index (χ0n) is 15.0. The number of benzene rings is 2. The fourth-order valence-corrected chi connectivity index (χ4v) is 4.15. The van der Waals surface area contributed by atoms with Crippen molar-refractivity contribution in [1.29, 1.82) is 0 Å². The van der Waals surface area contributed by atoms with E-state index in [1.165, 1.54) is 0 Å². The summed E-state index contributed by atoms with van der Waals surface area (Å²) in [5.41, 5.74) is 3.53. The van der Waals surface area contributed by atoms with Crippen molar-refractivity contribution < 1.29 is 9.53 Å². The van der Waals surface area contributed by atoms with Crippen LogP contribution in [0.2, 0.25) is 0 Å². The average molecular weight is 373 g/mol. The summed E-state index contributed by atoms with van der Waals surface area (Å²) in [6.45, 7) is 2.14. The lowest BCUT2D eigenvalue weighted by molar-refractivity contribution is 0.0519. The van der Waals surface area contributed by atoms with Gasteiger partial charge in [-0.1, -0.05) is 60.7 Å². The number of esters is 1. The number of hydrogen-bond acceptors (Lipinski definition) is 4. The first-order valence-corrected chi connectivity index (χ1v) is 9.81. The highest BCUT2D eigenvalue weighted by Crippen LogP contribution is 2.36. The minimum Gasteiger partial charge on any atom is -0.461 e. The molecule has 0 amide bonds. The molecule has 0 fully saturated rings. The molecule has 0 bridgehead atoms. The highest BCUT2D eigenvalue weighted by atomic mass is 32.1. The summed E-state index contributed by atoms with van der Waals surface area (Å²) in [6.07, 6.45) is 0. The normalized spacial score (nSPS) is 11.0. The molecule has 3 nitrogen and oxygen atoms in total. The number of pyridine rings is 1. The molecule has 4 heteroatoms. The SMILES string of the molecule is CCOC(=O)c1cc2sccc2c(C(c2ccccc2)c2ccccc2)n1. The van der Waals surface area contributed by atoms with Crippen molar-refractivity contribution in [2.75, 3.05) is 6.61 Å². The Morgan fingerprint density at radius 1 is 1.00 bits per heavy atom. The highest BCUT2D eigenvalue weighted by Gasteiger charge is 2.23. The Morgan fingerprint density at radius 2 is 1.63 bits per heavy atom. The van der Waals surface area contributed by atoms with Crippen LogP contribution in [-0.2, 0) is 4.74 Å². The van der Waals surface area contributed by atoms with Crippen molar-refractivity contribution in [2.24, 2.45) is 0 Å². The molecule has 0 radical (unpaired) electrons. The smallest absolute Gasteiger partial charge is 0.356 e. The predicted octanol–water partition coefficient (Wildman–Crippen LogP) is 5.65. The molecular weight excluding hydrogens is 354 g/mol. The van der Waals surface area contributed by atoms with Crippen LogP contribution in [0.5, 0.6) is 0 Å². The number of carbonyl (C=O) groups is 1. The third-order valence-electron chi connectivity index (χ3n) is 4.50. The molecule has 2 aromatic carbocycles. The zero-order chi connectivity index (χ0) is 18.6. The standard InChI is InChI=1S/C23H19NO2S/c1-2-26-23(25)19-15-20-18(13-14-27-20)22(24-19)21(16-9-5-3-6-10-16)17-11-7-4-8-12-17/h3-15,21H,2H2,1H3. The highest BCUT2D eigenvalue weighted by molar-refractivity contribution is 7.17. The van der Waals surface area contributed by atoms with Crippen LogP contribution in [0.3, 0.4) is 0 Å². The van der Waals surface area contributed by atoms with Gasteiger partial charge in [-0.15, -0.1) is 11.3 Å². The van der Waals surface area contributed by atoms with Gasteiger partial charge >= 0.3 is 5.97 Å². The van der Waals surface area contributed by atoms with Crippen LogP contribution in [0.4, 0.5) is 0 Å². The van der Waals surface area contributed by atoms with Crippen molar-refractivity contribution >= 4 is 27.4 Å². The van der Waals surface area contributed by atoms with E-state index in [1.54, 1.807) is 18.3 Å². The van der Waals surface area contributed by atoms with Gasteiger partial charge in [-0.2, -0.15) is 0 Å². The number of hydrogen-bond donors (Lipinski definition) is 0. The first-order valence-electron chi connectivity index (χ1n) is 8.93. The van der Waals surface area contributed by atoms with Gasteiger partial charge in [0.1, 0.15) is 5.69 Å². The number of thiophene rings is 1. The molecule has 4 rings (SSSR count). The summed E-state index contributed by atoms with van der Waals surface area (Å²) in [6, 6.07) is 24.5. The van der Waals surface area contributed by atoms with Crippen LogP contribution in [0.15, 0.2) is 78.2 Å². The third-order valence-corrected chi connectivity index (χ3v) is 5.37. The number of nitrogens with zero attached hydrogens (tertiary/aromatic N) is 1. The summed E-state index contributed by atoms with van der Waals surface area (Å²) in [7, 11) is 0. The minimum atomic E-state index is -0.381. The van der Waals surface area contributed by atoms with E-state index < -0.39 is 0 Å². The van der Waals surface area contributed by atoms with Gasteiger partial charge in [-0.05, 0) is 35.6 Å². The maximum atomic E-state index is 12.4. The van der Waals surface area contributed by atoms with E-state index in [4.69, 9.17) is 9.72 Å². The van der Waals surface area contributed by atoms with Gasteiger partial charge in [-0.25, -0.2) is 9.78 Å². The third kappa shape index (κ3) is 3.49. The van der Waals surface area contributed by atoms with Crippen LogP contribution in [-0.4, -0.2) is 17.6 Å². The van der Waals surface area contributed by atoms with Gasteiger partial charge in [0.05, 0.1) is 18.2 Å². The lowest BCUT2D eigenvalue weighted by Gasteiger charge is -2.19. The molecule has 0 aliphatic rings. The Balaban J connectivity index is 1.95. The quantitative estimate of drug-likeness (QED) is 0.424. The Kier molecular flexibility index (Phi) is 4.99. The monoisotopic (exact) mass is 373 g/mol. The molecule has 4 aromatic rings. The molecule has 134 valence electrons. The van der Waals surface area contributed by atoms with Gasteiger partial charge in [0.2, 0.25) is 0 Å². The molecule has 0 aliphatic carbocycles. The summed E-state index contributed by atoms with van der Waals surface area (Å²) < 4.78 is 6.24. The lowest BCUT2D eigenvalue weighted by atomic mass is 9.87. The number of aromatic nitrogens is 1. The summed E-state index contributed by atoms with van der Waals surface area (Å²) in [4.78, 5) is 17.2. The van der Waals surface area contributed by atoms with Crippen molar-refractivity contribution in [2.45, 2.75) is 12.8 Å². The van der Waals surface area contributed by atoms with E-state index in [9.17, 15) is 4.79 Å². The second-order valence-electron chi connectivity index (χ2n) is 6.20. The Bertz CT molecular complexity index is 1020. The van der Waals surface area contributed by atoms with Crippen LogP contribution < -0.4 is 0 Å². The minimum absolute atomic E-state index is 0.0566. The van der Waals surface area contributed by atoms with Crippen molar-refractivity contribution in [3.8, 4) is 0 Å². The molecule has 0 unspecified atom stereocenters. The topological polar surface area (TPSA) is 39.2 Å². The summed E-state index contributed by atoms with van der Waals surface area (Å²) >= 11 is 1.61. The first-order chi connectivity index (χ1) is 13.3. The van der Waals surface area contributed by atoms with Gasteiger partial charge in [0, 0.05) is 10.1 Å². The number of rotatable bonds is 5. The van der Waals surface area contributed by atoms with Crippen LogP contribution in [0.25, 0.3) is 10.1 Å². The molecule has 0 aliphatic heterocycles. The Morgan fingerprint density at radius 3 is 2.22 bits per heavy atom. The molecule has 0 atom stereocenters. The van der Waals surface area contributed by atoms with Crippen LogP contribution in [0.1, 0.15) is 40.2 Å². The van der Waals surface area contributed by atoms with Gasteiger partial charge in [0.15, 0.2) is 0 Å². The van der Waals surface area contributed by atoms with E-state index >= 15 is 0 Å². The molecule has 0 spiro atoms. The molecule has 2 heterocycles. The van der Waals surface area contributed by atoms with Crippen LogP contribution in [0, 0.1) is 0 Å². The summed E-state index contributed by atoms with van der Waals surface area (Å²) in [5, 5.41) is 3.11. The number of fused-ring (bicyclic) bond motifs is 1. The lowest BCUT2D eigenvalue weighted by Crippen LogP contribution is -2.12. The molecule has 0 saturated carbocycles. The average Bonchev–Trinajstić information content (AvgIpc) is 3.19. The van der Waals surface area contributed by atoms with Crippen molar-refractivity contribution in [3.63, 3.8) is 0 Å². The molecule has 0 saturated heterocycles. The Hall–Kier alpha value is -2.98. The fourth-order valence-electron chi connectivity index (χ4n) is 3.32.